The summed E-state index contributed by atoms with van der Waals surface area (Å²) >= 11 is 0. The second-order valence-corrected chi connectivity index (χ2v) is 12.2. The van der Waals surface area contributed by atoms with Crippen LogP contribution in [-0.2, 0) is 14.3 Å². The van der Waals surface area contributed by atoms with Crippen LogP contribution in [0.1, 0.15) is 117 Å². The summed E-state index contributed by atoms with van der Waals surface area (Å²) in [5, 5.41) is 0. The summed E-state index contributed by atoms with van der Waals surface area (Å²) in [6.07, 6.45) is 18.7. The number of hydrogen-bond acceptors (Lipinski definition) is 4. The van der Waals surface area contributed by atoms with Gasteiger partial charge in [-0.3, -0.25) is 4.79 Å². The maximum absolute atomic E-state index is 12.5. The Kier molecular flexibility index (Phi) is 8.80. The number of fused-ring (bicyclic) bond motifs is 5. The smallest absolute Gasteiger partial charge is 0.434 e. The van der Waals surface area contributed by atoms with E-state index in [4.69, 9.17) is 9.47 Å². The zero-order chi connectivity index (χ0) is 24.1. The maximum atomic E-state index is 12.5. The quantitative estimate of drug-likeness (QED) is 0.238. The average Bonchev–Trinajstić information content (AvgIpc) is 3.12. The van der Waals surface area contributed by atoms with E-state index in [0.717, 1.165) is 51.4 Å². The molecule has 0 spiro atoms. The van der Waals surface area contributed by atoms with Crippen LogP contribution in [0.5, 0.6) is 0 Å². The monoisotopic (exact) mass is 472 g/mol. The summed E-state index contributed by atoms with van der Waals surface area (Å²) in [4.78, 5) is 24.5. The third-order valence-corrected chi connectivity index (χ3v) is 9.96. The number of rotatable bonds is 10. The molecule has 0 aromatic rings. The van der Waals surface area contributed by atoms with Gasteiger partial charge in [-0.15, -0.1) is 0 Å². The Morgan fingerprint density at radius 1 is 1.00 bits per heavy atom. The van der Waals surface area contributed by atoms with Crippen LogP contribution in [-0.4, -0.2) is 24.6 Å². The van der Waals surface area contributed by atoms with Crippen molar-refractivity contribution in [1.29, 1.82) is 0 Å². The van der Waals surface area contributed by atoms with Crippen molar-refractivity contribution in [2.24, 2.45) is 35.0 Å². The highest BCUT2D eigenvalue weighted by Crippen LogP contribution is 2.64. The molecular weight excluding hydrogens is 424 g/mol. The second-order valence-electron chi connectivity index (χ2n) is 12.2. The largest absolute Gasteiger partial charge is 0.508 e. The number of carbonyl (C=O) groups excluding carboxylic acids is 2. The van der Waals surface area contributed by atoms with E-state index in [2.05, 4.69) is 20.8 Å². The van der Waals surface area contributed by atoms with Crippen LogP contribution in [0.25, 0.3) is 0 Å². The lowest BCUT2D eigenvalue weighted by Crippen LogP contribution is -2.51. The van der Waals surface area contributed by atoms with Crippen LogP contribution < -0.4 is 0 Å². The van der Waals surface area contributed by atoms with E-state index in [0.29, 0.717) is 42.0 Å². The molecule has 4 nitrogen and oxygen atoms in total. The Balaban J connectivity index is 1.24. The molecular formula is C30H48O4. The fraction of sp³-hybridized carbons (Fsp3) is 0.867. The van der Waals surface area contributed by atoms with Gasteiger partial charge in [0.1, 0.15) is 6.10 Å². The number of allylic oxidation sites excluding steroid dienone is 1. The Bertz CT molecular complexity index is 742. The number of unbranched alkanes of at least 4 members (excludes halogenated alkanes) is 7. The summed E-state index contributed by atoms with van der Waals surface area (Å²) in [7, 11) is 0. The molecule has 0 unspecified atom stereocenters. The van der Waals surface area contributed by atoms with E-state index in [1.807, 2.05) is 6.08 Å². The molecule has 192 valence electrons. The number of ketones is 1. The zero-order valence-corrected chi connectivity index (χ0v) is 22.0. The van der Waals surface area contributed by atoms with Gasteiger partial charge in [-0.1, -0.05) is 71.3 Å². The van der Waals surface area contributed by atoms with Crippen LogP contribution in [0, 0.1) is 35.0 Å². The second kappa shape index (κ2) is 11.6. The SMILES string of the molecule is CCCCCCCCCCOC(=O)O[C@H]1CC[C@H]2[C@@H]3CCC4=CC(=O)CC[C@@H]4[C@H]3[C@@H](C)C[C@]12C. The van der Waals surface area contributed by atoms with Gasteiger partial charge in [-0.25, -0.2) is 4.79 Å². The van der Waals surface area contributed by atoms with E-state index in [1.165, 1.54) is 50.5 Å². The Morgan fingerprint density at radius 2 is 1.74 bits per heavy atom. The summed E-state index contributed by atoms with van der Waals surface area (Å²) in [6.45, 7) is 7.52. The minimum absolute atomic E-state index is 0.0168. The van der Waals surface area contributed by atoms with Crippen molar-refractivity contribution in [2.45, 2.75) is 123 Å². The van der Waals surface area contributed by atoms with Gasteiger partial charge in [-0.2, -0.15) is 0 Å². The van der Waals surface area contributed by atoms with Crippen molar-refractivity contribution in [3.8, 4) is 0 Å². The molecule has 4 aliphatic rings. The molecule has 0 bridgehead atoms. The van der Waals surface area contributed by atoms with Crippen molar-refractivity contribution < 1.29 is 19.1 Å². The first-order chi connectivity index (χ1) is 16.4. The third kappa shape index (κ3) is 5.57. The molecule has 4 aliphatic carbocycles. The van der Waals surface area contributed by atoms with E-state index in [1.54, 1.807) is 0 Å². The number of ether oxygens (including phenoxy) is 2. The molecule has 0 aromatic heterocycles. The van der Waals surface area contributed by atoms with E-state index < -0.39 is 6.16 Å². The Labute approximate surface area is 207 Å². The minimum atomic E-state index is -0.454. The standard InChI is InChI=1S/C30H48O4/c1-4-5-6-7-8-9-10-11-18-33-29(32)34-27-17-16-26-25-14-12-22-19-23(31)13-15-24(22)28(25)21(2)20-30(26,27)3/h19,21,24-28H,4-18,20H2,1-3H3/t21-,24-,25-,26-,27-,28+,30-/m0/s1. The molecule has 4 rings (SSSR count). The van der Waals surface area contributed by atoms with Crippen LogP contribution in [0.3, 0.4) is 0 Å². The molecule has 34 heavy (non-hydrogen) atoms. The highest BCUT2D eigenvalue weighted by atomic mass is 16.7. The van der Waals surface area contributed by atoms with Gasteiger partial charge in [0.15, 0.2) is 5.78 Å². The van der Waals surface area contributed by atoms with Crippen LogP contribution >= 0.6 is 0 Å². The molecule has 3 saturated carbocycles. The van der Waals surface area contributed by atoms with Crippen molar-refractivity contribution >= 4 is 11.9 Å². The predicted molar refractivity (Wildman–Crippen MR) is 135 cm³/mol. The van der Waals surface area contributed by atoms with Gasteiger partial charge >= 0.3 is 6.16 Å². The number of hydrogen-bond donors (Lipinski definition) is 0. The Morgan fingerprint density at radius 3 is 2.50 bits per heavy atom. The summed E-state index contributed by atoms with van der Waals surface area (Å²) in [5.41, 5.74) is 1.49. The van der Waals surface area contributed by atoms with Crippen LogP contribution in [0.4, 0.5) is 4.79 Å². The van der Waals surface area contributed by atoms with Crippen LogP contribution in [0.2, 0.25) is 0 Å². The van der Waals surface area contributed by atoms with Gasteiger partial charge < -0.3 is 9.47 Å². The third-order valence-electron chi connectivity index (χ3n) is 9.96. The predicted octanol–water partition coefficient (Wildman–Crippen LogP) is 8.04. The molecule has 3 fully saturated rings. The molecule has 0 N–H and O–H groups in total. The van der Waals surface area contributed by atoms with Crippen molar-refractivity contribution in [3.63, 3.8) is 0 Å². The fourth-order valence-electron chi connectivity index (χ4n) is 8.46. The molecule has 0 aliphatic heterocycles. The first kappa shape index (κ1) is 25.8. The zero-order valence-electron chi connectivity index (χ0n) is 22.0. The summed E-state index contributed by atoms with van der Waals surface area (Å²) in [5.74, 6) is 3.55. The fourth-order valence-corrected chi connectivity index (χ4v) is 8.46. The molecule has 7 atom stereocenters. The highest BCUT2D eigenvalue weighted by Gasteiger charge is 2.59. The van der Waals surface area contributed by atoms with E-state index in [9.17, 15) is 9.59 Å². The minimum Gasteiger partial charge on any atom is -0.434 e. The lowest BCUT2D eigenvalue weighted by atomic mass is 9.49. The molecule has 0 amide bonds. The summed E-state index contributed by atoms with van der Waals surface area (Å²) < 4.78 is 11.5. The normalized spacial score (nSPS) is 36.8. The lowest BCUT2D eigenvalue weighted by molar-refractivity contribution is -0.117. The topological polar surface area (TPSA) is 52.6 Å². The van der Waals surface area contributed by atoms with Gasteiger partial charge in [0, 0.05) is 11.8 Å². The van der Waals surface area contributed by atoms with E-state index >= 15 is 0 Å². The molecule has 0 aromatic carbocycles. The average molecular weight is 473 g/mol. The van der Waals surface area contributed by atoms with Crippen LogP contribution in [0.15, 0.2) is 11.6 Å². The van der Waals surface area contributed by atoms with Gasteiger partial charge in [0.2, 0.25) is 0 Å². The molecule has 0 saturated heterocycles. The maximum Gasteiger partial charge on any atom is 0.508 e. The lowest BCUT2D eigenvalue weighted by Gasteiger charge is -2.56. The van der Waals surface area contributed by atoms with Crippen molar-refractivity contribution in [3.05, 3.63) is 11.6 Å². The van der Waals surface area contributed by atoms with Crippen molar-refractivity contribution in [1.82, 2.24) is 0 Å². The van der Waals surface area contributed by atoms with Gasteiger partial charge in [-0.05, 0) is 80.6 Å². The first-order valence-corrected chi connectivity index (χ1v) is 14.5. The highest BCUT2D eigenvalue weighted by molar-refractivity contribution is 5.91. The van der Waals surface area contributed by atoms with Gasteiger partial charge in [0.25, 0.3) is 0 Å². The summed E-state index contributed by atoms with van der Waals surface area (Å²) in [6, 6.07) is 0. The van der Waals surface area contributed by atoms with E-state index in [-0.39, 0.29) is 11.5 Å². The van der Waals surface area contributed by atoms with Gasteiger partial charge in [0.05, 0.1) is 6.61 Å². The van der Waals surface area contributed by atoms with Crippen molar-refractivity contribution in [2.75, 3.05) is 6.61 Å². The first-order valence-electron chi connectivity index (χ1n) is 14.5. The molecule has 0 radical (unpaired) electrons. The Hall–Kier alpha value is -1.32. The molecule has 0 heterocycles. The number of carbonyl (C=O) groups is 2. The molecule has 4 heteroatoms.